The first-order valence-corrected chi connectivity index (χ1v) is 14.7. The summed E-state index contributed by atoms with van der Waals surface area (Å²) in [6, 6.07) is 1.55. The molecule has 0 radical (unpaired) electrons. The van der Waals surface area contributed by atoms with Crippen molar-refractivity contribution in [2.75, 3.05) is 12.4 Å². The van der Waals surface area contributed by atoms with Crippen LogP contribution < -0.4 is 10.6 Å². The molecule has 1 saturated carbocycles. The first kappa shape index (κ1) is 24.8. The van der Waals surface area contributed by atoms with E-state index in [-0.39, 0.29) is 39.4 Å². The van der Waals surface area contributed by atoms with Crippen LogP contribution in [-0.2, 0) is 20.0 Å². The molecule has 0 aromatic carbocycles. The molecular formula is C21H28N4O6S3. The average Bonchev–Trinajstić information content (AvgIpc) is 3.25. The fourth-order valence-corrected chi connectivity index (χ4v) is 7.26. The Morgan fingerprint density at radius 2 is 2.06 bits per heavy atom. The van der Waals surface area contributed by atoms with Gasteiger partial charge in [0.2, 0.25) is 0 Å². The zero-order valence-electron chi connectivity index (χ0n) is 19.3. The normalized spacial score (nSPS) is 18.8. The van der Waals surface area contributed by atoms with Gasteiger partial charge in [0.15, 0.2) is 15.8 Å². The maximum atomic E-state index is 12.8. The number of furan rings is 1. The van der Waals surface area contributed by atoms with Gasteiger partial charge in [0.05, 0.1) is 29.1 Å². The van der Waals surface area contributed by atoms with Crippen LogP contribution in [0.1, 0.15) is 63.3 Å². The standard InChI is InChI=1S/C21H28N4O6S3/c1-5-15(18-8-13(9-31-18)12(2)3)22-17-11-33(27,28)24-20(17)23-16-10-32-21(19(16)26)34(29,30)25(4)14-6-7-14/h8-12,14-15,22,26H,5-7H2,1-4H3,(H,23,24)/t15-/m1/s1. The monoisotopic (exact) mass is 528 g/mol. The second-order valence-corrected chi connectivity index (χ2v) is 13.2. The van der Waals surface area contributed by atoms with Gasteiger partial charge >= 0.3 is 0 Å². The lowest BCUT2D eigenvalue weighted by molar-refractivity contribution is 0.428. The maximum Gasteiger partial charge on any atom is 0.279 e. The molecule has 2 aromatic heterocycles. The summed E-state index contributed by atoms with van der Waals surface area (Å²) in [5.74, 6) is 0.432. The minimum Gasteiger partial charge on any atom is -0.504 e. The molecule has 2 aromatic rings. The third-order valence-electron chi connectivity index (χ3n) is 5.79. The van der Waals surface area contributed by atoms with E-state index in [1.165, 1.54) is 16.7 Å². The van der Waals surface area contributed by atoms with Gasteiger partial charge in [-0.2, -0.15) is 12.7 Å². The van der Waals surface area contributed by atoms with Crippen molar-refractivity contribution in [3.05, 3.63) is 40.1 Å². The minimum absolute atomic E-state index is 0.0401. The van der Waals surface area contributed by atoms with Gasteiger partial charge < -0.3 is 20.2 Å². The fourth-order valence-electron chi connectivity index (χ4n) is 3.51. The predicted molar refractivity (Wildman–Crippen MR) is 131 cm³/mol. The van der Waals surface area contributed by atoms with Gasteiger partial charge in [-0.3, -0.25) is 0 Å². The quantitative estimate of drug-likeness (QED) is 0.447. The van der Waals surface area contributed by atoms with Gasteiger partial charge in [0.1, 0.15) is 5.76 Å². The summed E-state index contributed by atoms with van der Waals surface area (Å²) in [6.45, 7) is 6.03. The van der Waals surface area contributed by atoms with Gasteiger partial charge in [-0.15, -0.1) is 15.7 Å². The summed E-state index contributed by atoms with van der Waals surface area (Å²) in [5, 5.41) is 19.0. The number of hydrogen-bond donors (Lipinski definition) is 3. The van der Waals surface area contributed by atoms with Crippen molar-refractivity contribution in [2.24, 2.45) is 4.40 Å². The fraction of sp³-hybridized carbons (Fsp3) is 0.476. The maximum absolute atomic E-state index is 12.8. The Bertz CT molecular complexity index is 1350. The topological polar surface area (TPSA) is 141 Å². The highest BCUT2D eigenvalue weighted by atomic mass is 32.2. The minimum atomic E-state index is -3.89. The van der Waals surface area contributed by atoms with Crippen LogP contribution in [0.4, 0.5) is 5.69 Å². The molecule has 13 heteroatoms. The summed E-state index contributed by atoms with van der Waals surface area (Å²) in [4.78, 5) is 0. The summed E-state index contributed by atoms with van der Waals surface area (Å²) >= 11 is 0.860. The van der Waals surface area contributed by atoms with Crippen LogP contribution >= 0.6 is 11.3 Å². The lowest BCUT2D eigenvalue weighted by Crippen LogP contribution is -2.28. The van der Waals surface area contributed by atoms with Crippen LogP contribution in [0.5, 0.6) is 5.75 Å². The molecule has 0 amide bonds. The summed E-state index contributed by atoms with van der Waals surface area (Å²) < 4.78 is 60.6. The lowest BCUT2D eigenvalue weighted by Gasteiger charge is -2.18. The van der Waals surface area contributed by atoms with Crippen LogP contribution in [0.3, 0.4) is 0 Å². The van der Waals surface area contributed by atoms with E-state index < -0.39 is 25.8 Å². The van der Waals surface area contributed by atoms with Crippen molar-refractivity contribution < 1.29 is 26.4 Å². The third kappa shape index (κ3) is 4.88. The number of aromatic hydroxyl groups is 1. The van der Waals surface area contributed by atoms with E-state index in [2.05, 4.69) is 15.0 Å². The molecule has 1 aliphatic heterocycles. The molecule has 0 unspecified atom stereocenters. The van der Waals surface area contributed by atoms with Gasteiger partial charge in [0, 0.05) is 18.5 Å². The SMILES string of the molecule is CC[C@@H](NC1=CS(=O)(=O)N=C1Nc1csc(S(=O)(=O)N(C)C2CC2)c1O)c1cc(C(C)C)co1. The van der Waals surface area contributed by atoms with Gasteiger partial charge in [-0.25, -0.2) is 8.42 Å². The van der Waals surface area contributed by atoms with Gasteiger partial charge in [-0.05, 0) is 36.8 Å². The smallest absolute Gasteiger partial charge is 0.279 e. The number of rotatable bonds is 9. The van der Waals surface area contributed by atoms with Crippen molar-refractivity contribution in [3.63, 3.8) is 0 Å². The Morgan fingerprint density at radius 3 is 2.65 bits per heavy atom. The van der Waals surface area contributed by atoms with Crippen LogP contribution in [-0.4, -0.2) is 45.2 Å². The van der Waals surface area contributed by atoms with E-state index in [0.29, 0.717) is 12.2 Å². The molecule has 10 nitrogen and oxygen atoms in total. The van der Waals surface area contributed by atoms with E-state index in [1.54, 1.807) is 6.26 Å². The molecule has 1 fully saturated rings. The Balaban J connectivity index is 1.57. The zero-order chi connectivity index (χ0) is 24.8. The second kappa shape index (κ2) is 9.02. The molecule has 3 heterocycles. The van der Waals surface area contributed by atoms with Crippen molar-refractivity contribution in [1.29, 1.82) is 0 Å². The molecule has 1 aliphatic carbocycles. The second-order valence-electron chi connectivity index (χ2n) is 8.69. The molecule has 0 bridgehead atoms. The zero-order valence-corrected chi connectivity index (χ0v) is 21.7. The summed E-state index contributed by atoms with van der Waals surface area (Å²) in [6.07, 6.45) is 3.86. The first-order chi connectivity index (χ1) is 15.9. The van der Waals surface area contributed by atoms with Crippen molar-refractivity contribution in [2.45, 2.75) is 62.2 Å². The highest BCUT2D eigenvalue weighted by molar-refractivity contribution is 7.93. The molecule has 3 N–H and O–H groups in total. The third-order valence-corrected chi connectivity index (χ3v) is 10.2. The van der Waals surface area contributed by atoms with Crippen LogP contribution in [0.2, 0.25) is 0 Å². The summed E-state index contributed by atoms with van der Waals surface area (Å²) in [5.41, 5.74) is 1.28. The molecule has 0 saturated heterocycles. The molecule has 1 atom stereocenters. The van der Waals surface area contributed by atoms with Crippen molar-refractivity contribution in [1.82, 2.24) is 9.62 Å². The van der Waals surface area contributed by atoms with Crippen molar-refractivity contribution >= 4 is 42.9 Å². The Labute approximate surface area is 203 Å². The molecule has 2 aliphatic rings. The number of anilines is 1. The van der Waals surface area contributed by atoms with Crippen LogP contribution in [0, 0.1) is 0 Å². The summed E-state index contributed by atoms with van der Waals surface area (Å²) in [7, 11) is -6.26. The van der Waals surface area contributed by atoms with Crippen molar-refractivity contribution in [3.8, 4) is 5.75 Å². The lowest BCUT2D eigenvalue weighted by atomic mass is 10.1. The number of sulfonamides is 2. The highest BCUT2D eigenvalue weighted by Gasteiger charge is 2.38. The van der Waals surface area contributed by atoms with E-state index >= 15 is 0 Å². The highest BCUT2D eigenvalue weighted by Crippen LogP contribution is 2.41. The molecule has 4 rings (SSSR count). The first-order valence-electron chi connectivity index (χ1n) is 10.9. The van der Waals surface area contributed by atoms with E-state index in [9.17, 15) is 21.9 Å². The Hall–Kier alpha value is -2.35. The number of nitrogens with zero attached hydrogens (tertiary/aromatic N) is 2. The predicted octanol–water partition coefficient (Wildman–Crippen LogP) is 3.69. The van der Waals surface area contributed by atoms with Gasteiger partial charge in [0.25, 0.3) is 20.0 Å². The average molecular weight is 529 g/mol. The molecule has 186 valence electrons. The molecule has 0 spiro atoms. The number of hydrogen-bond acceptors (Lipinski definition) is 9. The molecule has 34 heavy (non-hydrogen) atoms. The Morgan fingerprint density at radius 1 is 1.35 bits per heavy atom. The number of amidine groups is 1. The van der Waals surface area contributed by atoms with Crippen LogP contribution in [0.15, 0.2) is 41.8 Å². The number of thiophene rings is 1. The van der Waals surface area contributed by atoms with Crippen LogP contribution in [0.25, 0.3) is 0 Å². The van der Waals surface area contributed by atoms with E-state index in [1.807, 2.05) is 26.8 Å². The molecular weight excluding hydrogens is 500 g/mol. The largest absolute Gasteiger partial charge is 0.504 e. The van der Waals surface area contributed by atoms with E-state index in [4.69, 9.17) is 4.42 Å². The van der Waals surface area contributed by atoms with Gasteiger partial charge in [-0.1, -0.05) is 20.8 Å². The number of nitrogens with one attached hydrogen (secondary N) is 2. The Kier molecular flexibility index (Phi) is 6.57. The van der Waals surface area contributed by atoms with E-state index in [0.717, 1.165) is 35.1 Å².